The number of rotatable bonds is 5. The van der Waals surface area contributed by atoms with Crippen molar-refractivity contribution in [1.29, 1.82) is 0 Å². The molecule has 0 aliphatic rings. The molecular formula is C19H13Cl2N3O2S2. The first-order valence-electron chi connectivity index (χ1n) is 8.23. The highest BCUT2D eigenvalue weighted by Gasteiger charge is 2.19. The normalized spacial score (nSPS) is 12.2. The van der Waals surface area contributed by atoms with E-state index in [1.165, 1.54) is 23.1 Å². The van der Waals surface area contributed by atoms with Gasteiger partial charge in [-0.3, -0.25) is 4.79 Å². The Morgan fingerprint density at radius 2 is 2.00 bits per heavy atom. The molecule has 28 heavy (non-hydrogen) atoms. The number of halogens is 2. The number of thiazole rings is 1. The molecule has 4 rings (SSSR count). The summed E-state index contributed by atoms with van der Waals surface area (Å²) in [4.78, 5) is 21.3. The summed E-state index contributed by atoms with van der Waals surface area (Å²) in [5.41, 5.74) is 3.02. The van der Waals surface area contributed by atoms with E-state index in [0.717, 1.165) is 16.8 Å². The van der Waals surface area contributed by atoms with Crippen molar-refractivity contribution in [2.75, 3.05) is 5.32 Å². The maximum absolute atomic E-state index is 12.5. The quantitative estimate of drug-likeness (QED) is 0.358. The van der Waals surface area contributed by atoms with Gasteiger partial charge in [0, 0.05) is 10.9 Å². The van der Waals surface area contributed by atoms with E-state index in [9.17, 15) is 4.79 Å². The molecule has 0 aliphatic heterocycles. The van der Waals surface area contributed by atoms with Crippen LogP contribution in [0.4, 0.5) is 5.13 Å². The predicted molar refractivity (Wildman–Crippen MR) is 116 cm³/mol. The highest BCUT2D eigenvalue weighted by Crippen LogP contribution is 2.31. The molecule has 1 amide bonds. The van der Waals surface area contributed by atoms with Gasteiger partial charge in [-0.1, -0.05) is 53.2 Å². The van der Waals surface area contributed by atoms with Gasteiger partial charge in [0.1, 0.15) is 5.52 Å². The Kier molecular flexibility index (Phi) is 5.59. The van der Waals surface area contributed by atoms with Crippen LogP contribution in [0.25, 0.3) is 22.4 Å². The highest BCUT2D eigenvalue weighted by atomic mass is 35.5. The largest absolute Gasteiger partial charge is 0.431 e. The number of aromatic nitrogens is 2. The number of nitrogens with zero attached hydrogens (tertiary/aromatic N) is 2. The lowest BCUT2D eigenvalue weighted by atomic mass is 10.2. The third-order valence-electron chi connectivity index (χ3n) is 3.87. The van der Waals surface area contributed by atoms with Crippen molar-refractivity contribution in [3.8, 4) is 11.3 Å². The summed E-state index contributed by atoms with van der Waals surface area (Å²) in [6, 6.07) is 12.8. The van der Waals surface area contributed by atoms with Crippen LogP contribution in [0.1, 0.15) is 6.92 Å². The van der Waals surface area contributed by atoms with Gasteiger partial charge in [-0.15, -0.1) is 11.3 Å². The summed E-state index contributed by atoms with van der Waals surface area (Å²) >= 11 is 14.6. The van der Waals surface area contributed by atoms with Gasteiger partial charge < -0.3 is 9.73 Å². The van der Waals surface area contributed by atoms with Crippen LogP contribution in [-0.2, 0) is 4.79 Å². The van der Waals surface area contributed by atoms with Gasteiger partial charge in [-0.2, -0.15) is 0 Å². The fraction of sp³-hybridized carbons (Fsp3) is 0.105. The van der Waals surface area contributed by atoms with Crippen molar-refractivity contribution in [1.82, 2.24) is 9.97 Å². The van der Waals surface area contributed by atoms with E-state index in [0.29, 0.717) is 26.0 Å². The van der Waals surface area contributed by atoms with Crippen LogP contribution in [0.5, 0.6) is 0 Å². The number of carbonyl (C=O) groups excluding carboxylic acids is 1. The second-order valence-corrected chi connectivity index (χ2v) is 8.83. The number of anilines is 1. The minimum atomic E-state index is -0.398. The Balaban J connectivity index is 1.43. The van der Waals surface area contributed by atoms with Crippen LogP contribution in [0.15, 0.2) is 57.5 Å². The molecular weight excluding hydrogens is 437 g/mol. The molecule has 0 spiro atoms. The van der Waals surface area contributed by atoms with Crippen molar-refractivity contribution >= 4 is 68.4 Å². The molecule has 2 heterocycles. The lowest BCUT2D eigenvalue weighted by Gasteiger charge is -2.07. The second kappa shape index (κ2) is 8.13. The Morgan fingerprint density at radius 1 is 1.18 bits per heavy atom. The average Bonchev–Trinajstić information content (AvgIpc) is 3.30. The van der Waals surface area contributed by atoms with E-state index in [1.807, 2.05) is 35.7 Å². The van der Waals surface area contributed by atoms with Crippen LogP contribution in [0.3, 0.4) is 0 Å². The van der Waals surface area contributed by atoms with E-state index >= 15 is 0 Å². The minimum absolute atomic E-state index is 0.178. The molecule has 0 saturated heterocycles. The maximum atomic E-state index is 12.5. The summed E-state index contributed by atoms with van der Waals surface area (Å²) in [6.07, 6.45) is 0. The predicted octanol–water partition coefficient (Wildman–Crippen LogP) is 6.38. The van der Waals surface area contributed by atoms with E-state index < -0.39 is 5.25 Å². The van der Waals surface area contributed by atoms with Gasteiger partial charge in [0.2, 0.25) is 5.91 Å². The number of benzene rings is 2. The molecule has 0 bridgehead atoms. The number of oxazole rings is 1. The zero-order chi connectivity index (χ0) is 19.7. The monoisotopic (exact) mass is 449 g/mol. The van der Waals surface area contributed by atoms with Crippen molar-refractivity contribution in [3.63, 3.8) is 0 Å². The fourth-order valence-corrected chi connectivity index (χ4v) is 4.21. The van der Waals surface area contributed by atoms with Crippen LogP contribution in [-0.4, -0.2) is 21.1 Å². The highest BCUT2D eigenvalue weighted by molar-refractivity contribution is 8.00. The minimum Gasteiger partial charge on any atom is -0.431 e. The first kappa shape index (κ1) is 19.3. The molecule has 2 aromatic carbocycles. The molecule has 0 radical (unpaired) electrons. The summed E-state index contributed by atoms with van der Waals surface area (Å²) in [7, 11) is 0. The lowest BCUT2D eigenvalue weighted by Crippen LogP contribution is -2.22. The fourth-order valence-electron chi connectivity index (χ4n) is 2.43. The molecule has 0 fully saturated rings. The Bertz CT molecular complexity index is 1130. The zero-order valence-corrected chi connectivity index (χ0v) is 17.6. The first-order chi connectivity index (χ1) is 13.5. The van der Waals surface area contributed by atoms with Crippen molar-refractivity contribution in [2.24, 2.45) is 0 Å². The molecule has 9 heteroatoms. The maximum Gasteiger partial charge on any atom is 0.257 e. The summed E-state index contributed by atoms with van der Waals surface area (Å²) in [5, 5.41) is 6.20. The lowest BCUT2D eigenvalue weighted by molar-refractivity contribution is -0.115. The number of hydrogen-bond donors (Lipinski definition) is 1. The van der Waals surface area contributed by atoms with Gasteiger partial charge in [0.25, 0.3) is 5.22 Å². The number of thioether (sulfide) groups is 1. The van der Waals surface area contributed by atoms with E-state index in [-0.39, 0.29) is 5.91 Å². The van der Waals surface area contributed by atoms with Crippen LogP contribution < -0.4 is 5.32 Å². The number of nitrogens with one attached hydrogen (secondary N) is 1. The van der Waals surface area contributed by atoms with Gasteiger partial charge in [0.05, 0.1) is 21.0 Å². The summed E-state index contributed by atoms with van der Waals surface area (Å²) in [6.45, 7) is 1.79. The number of para-hydroxylation sites is 2. The van der Waals surface area contributed by atoms with E-state index in [4.69, 9.17) is 27.6 Å². The van der Waals surface area contributed by atoms with Gasteiger partial charge >= 0.3 is 0 Å². The SMILES string of the molecule is CC(Sc1nc2ccccc2o1)C(=O)Nc1nc(-c2ccc(Cl)c(Cl)c2)cs1. The average molecular weight is 450 g/mol. The third kappa shape index (κ3) is 4.17. The van der Waals surface area contributed by atoms with Gasteiger partial charge in [-0.05, 0) is 31.2 Å². The van der Waals surface area contributed by atoms with Crippen molar-refractivity contribution < 1.29 is 9.21 Å². The summed E-state index contributed by atoms with van der Waals surface area (Å²) < 4.78 is 5.66. The van der Waals surface area contributed by atoms with E-state index in [2.05, 4.69) is 15.3 Å². The molecule has 5 nitrogen and oxygen atoms in total. The van der Waals surface area contributed by atoms with Gasteiger partial charge in [-0.25, -0.2) is 9.97 Å². The second-order valence-electron chi connectivity index (χ2n) is 5.86. The van der Waals surface area contributed by atoms with Crippen LogP contribution in [0.2, 0.25) is 10.0 Å². The number of hydrogen-bond acceptors (Lipinski definition) is 6. The molecule has 1 N–H and O–H groups in total. The van der Waals surface area contributed by atoms with Crippen molar-refractivity contribution in [2.45, 2.75) is 17.4 Å². The van der Waals surface area contributed by atoms with Gasteiger partial charge in [0.15, 0.2) is 10.7 Å². The Hall–Kier alpha value is -2.06. The topological polar surface area (TPSA) is 68.0 Å². The van der Waals surface area contributed by atoms with E-state index in [1.54, 1.807) is 19.1 Å². The number of carbonyl (C=O) groups is 1. The molecule has 4 aromatic rings. The number of amides is 1. The molecule has 0 saturated carbocycles. The molecule has 0 aliphatic carbocycles. The standard InChI is InChI=1S/C19H13Cl2N3O2S2/c1-10(28-19-23-14-4-2-3-5-16(14)26-19)17(25)24-18-22-15(9-27-18)11-6-7-12(20)13(21)8-11/h2-10H,1H3,(H,22,24,25). The summed E-state index contributed by atoms with van der Waals surface area (Å²) in [5.74, 6) is -0.178. The van der Waals surface area contributed by atoms with Crippen LogP contribution in [0, 0.1) is 0 Å². The molecule has 142 valence electrons. The van der Waals surface area contributed by atoms with Crippen LogP contribution >= 0.6 is 46.3 Å². The Labute approximate surface area is 179 Å². The number of fused-ring (bicyclic) bond motifs is 1. The van der Waals surface area contributed by atoms with Crippen molar-refractivity contribution in [3.05, 3.63) is 57.9 Å². The molecule has 2 aromatic heterocycles. The third-order valence-corrected chi connectivity index (χ3v) is 6.31. The molecule has 1 atom stereocenters. The zero-order valence-electron chi connectivity index (χ0n) is 14.5. The Morgan fingerprint density at radius 3 is 2.79 bits per heavy atom. The molecule has 1 unspecified atom stereocenters. The smallest absolute Gasteiger partial charge is 0.257 e. The first-order valence-corrected chi connectivity index (χ1v) is 10.7.